The van der Waals surface area contributed by atoms with Crippen LogP contribution in [-0.4, -0.2) is 80.1 Å². The predicted molar refractivity (Wildman–Crippen MR) is 145 cm³/mol. The fraction of sp³-hybridized carbons (Fsp3) is 0.500. The molecule has 0 aliphatic carbocycles. The van der Waals surface area contributed by atoms with Gasteiger partial charge in [0.1, 0.15) is 8.64 Å². The molecule has 0 spiro atoms. The second-order valence-corrected chi connectivity index (χ2v) is 8.05. The third-order valence-electron chi connectivity index (χ3n) is 0.937. The van der Waals surface area contributed by atoms with Crippen molar-refractivity contribution >= 4 is 127 Å². The van der Waals surface area contributed by atoms with Gasteiger partial charge in [-0.2, -0.15) is 0 Å². The number of rotatable bonds is 5. The zero-order valence-corrected chi connectivity index (χ0v) is 28.8. The Bertz CT molecular complexity index is 342. The largest absolute Gasteiger partial charge is 2.00 e. The normalized spacial score (nSPS) is 6.57. The minimum Gasteiger partial charge on any atom is -0.570 e. The van der Waals surface area contributed by atoms with Gasteiger partial charge in [0, 0.05) is 11.5 Å². The molecule has 0 aromatic carbocycles. The summed E-state index contributed by atoms with van der Waals surface area (Å²) in [5, 5.41) is 0. The monoisotopic (exact) mass is 636 g/mol. The van der Waals surface area contributed by atoms with Crippen molar-refractivity contribution in [3.05, 3.63) is 0 Å². The molecule has 0 heterocycles. The Morgan fingerprint density at radius 1 is 0.714 bits per heavy atom. The van der Waals surface area contributed by atoms with E-state index in [0.717, 1.165) is 11.5 Å². The average Bonchev–Trinajstić information content (AvgIpc) is 2.54. The topological polar surface area (TPSA) is 111 Å². The first-order valence-electron chi connectivity index (χ1n) is 6.10. The van der Waals surface area contributed by atoms with Crippen molar-refractivity contribution < 1.29 is 39.0 Å². The van der Waals surface area contributed by atoms with E-state index >= 15 is 0 Å². The zero-order valence-electron chi connectivity index (χ0n) is 16.3. The molecule has 0 aromatic heterocycles. The molecule has 0 atom stereocenters. The fourth-order valence-electron chi connectivity index (χ4n) is 0.285. The number of thioether (sulfide) groups is 2. The molecule has 0 rings (SSSR count). The van der Waals surface area contributed by atoms with E-state index in [4.69, 9.17) is 11.5 Å². The summed E-state index contributed by atoms with van der Waals surface area (Å²) in [5.74, 6) is 1.74. The van der Waals surface area contributed by atoms with Gasteiger partial charge in [-0.1, -0.05) is 48.0 Å². The molecule has 6 nitrogen and oxygen atoms in total. The van der Waals surface area contributed by atoms with E-state index in [0.29, 0.717) is 8.64 Å². The SMILES string of the molecule is CN(C)[C-]=S.CN(C)[C-]=S.NC(=S)SCCSC(N)=S.N[C-]=S.N[C-]=S.[Zn+2].[Zn+2]. The van der Waals surface area contributed by atoms with Crippen molar-refractivity contribution in [2.24, 2.45) is 22.9 Å². The van der Waals surface area contributed by atoms with E-state index in [1.54, 1.807) is 9.80 Å². The van der Waals surface area contributed by atoms with Crippen LogP contribution in [0.3, 0.4) is 0 Å². The van der Waals surface area contributed by atoms with E-state index in [2.05, 4.69) is 95.8 Å². The van der Waals surface area contributed by atoms with E-state index in [-0.39, 0.29) is 39.0 Å². The Kier molecular flexibility index (Phi) is 78.3. The van der Waals surface area contributed by atoms with Crippen LogP contribution in [0.15, 0.2) is 0 Å². The van der Waals surface area contributed by atoms with Crippen molar-refractivity contribution in [2.45, 2.75) is 0 Å². The first kappa shape index (κ1) is 47.2. The van der Waals surface area contributed by atoms with Gasteiger partial charge in [0.25, 0.3) is 0 Å². The van der Waals surface area contributed by atoms with E-state index in [1.165, 1.54) is 23.5 Å². The molecule has 0 saturated carbocycles. The van der Waals surface area contributed by atoms with Crippen LogP contribution >= 0.6 is 96.8 Å². The molecule has 28 heavy (non-hydrogen) atoms. The first-order valence-corrected chi connectivity index (χ1v) is 10.5. The van der Waals surface area contributed by atoms with Crippen LogP contribution in [-0.2, 0) is 39.0 Å². The minimum atomic E-state index is 0. The van der Waals surface area contributed by atoms with Crippen LogP contribution in [0.1, 0.15) is 0 Å². The first-order chi connectivity index (χ1) is 12.0. The predicted octanol–water partition coefficient (Wildman–Crippen LogP) is 1.26. The van der Waals surface area contributed by atoms with Crippen molar-refractivity contribution in [3.63, 3.8) is 0 Å². The molecule has 0 amide bonds. The second kappa shape index (κ2) is 46.5. The van der Waals surface area contributed by atoms with Crippen LogP contribution < -0.4 is 22.9 Å². The van der Waals surface area contributed by atoms with E-state index < -0.39 is 0 Å². The standard InChI is InChI=1S/C4H8N2S4.2C3H6NS.2CH2NS.2Zn/c5-3(7)9-1-2-10-4(6)8;2*1-4(2)3-5;2*2-1-3;;/h1-2H2,(H2,5,7)(H2,6,8);2*1-2H3;2*(H2,2,3);;/q;4*-1;2*+2. The quantitative estimate of drug-likeness (QED) is 0.114. The van der Waals surface area contributed by atoms with Gasteiger partial charge in [0.15, 0.2) is 0 Å². The molecule has 0 bridgehead atoms. The van der Waals surface area contributed by atoms with Crippen LogP contribution in [0, 0.1) is 0 Å². The Morgan fingerprint density at radius 3 is 0.929 bits per heavy atom. The molecule has 0 aliphatic heterocycles. The Labute approximate surface area is 236 Å². The van der Waals surface area contributed by atoms with Gasteiger partial charge in [-0.15, -0.1) is 0 Å². The van der Waals surface area contributed by atoms with Gasteiger partial charge in [0.2, 0.25) is 0 Å². The van der Waals surface area contributed by atoms with Gasteiger partial charge in [-0.25, -0.2) is 0 Å². The Morgan fingerprint density at radius 2 is 0.857 bits per heavy atom. The summed E-state index contributed by atoms with van der Waals surface area (Å²) in [5.41, 5.74) is 27.8. The third-order valence-corrected chi connectivity index (χ3v) is 4.02. The molecular weight excluding hydrogens is 615 g/mol. The maximum Gasteiger partial charge on any atom is 2.00 e. The smallest absolute Gasteiger partial charge is 0.570 e. The number of nitrogens with zero attached hydrogens (tertiary/aromatic N) is 2. The number of nitrogens with two attached hydrogens (primary N) is 4. The summed E-state index contributed by atoms with van der Waals surface area (Å²) in [6, 6.07) is 0. The van der Waals surface area contributed by atoms with Crippen molar-refractivity contribution in [1.82, 2.24) is 9.80 Å². The summed E-state index contributed by atoms with van der Waals surface area (Å²) >= 11 is 28.7. The zero-order chi connectivity index (χ0) is 22.0. The van der Waals surface area contributed by atoms with Crippen LogP contribution in [0.5, 0.6) is 0 Å². The van der Waals surface area contributed by atoms with Crippen molar-refractivity contribution in [2.75, 3.05) is 39.7 Å². The Hall–Kier alpha value is 1.29. The van der Waals surface area contributed by atoms with Gasteiger partial charge >= 0.3 is 39.0 Å². The Balaban J connectivity index is -0.0000000423. The minimum absolute atomic E-state index is 0. The molecule has 154 valence electrons. The van der Waals surface area contributed by atoms with Gasteiger partial charge in [-0.3, -0.25) is 0 Å². The molecule has 0 unspecified atom stereocenters. The van der Waals surface area contributed by atoms with Crippen molar-refractivity contribution in [3.8, 4) is 0 Å². The van der Waals surface area contributed by atoms with Gasteiger partial charge < -0.3 is 104 Å². The molecule has 0 aromatic rings. The number of thiocarbonyl (C=S) groups is 6. The molecule has 0 radical (unpaired) electrons. The molecule has 0 saturated heterocycles. The fourth-order valence-corrected chi connectivity index (χ4v) is 1.85. The van der Waals surface area contributed by atoms with Crippen LogP contribution in [0.25, 0.3) is 0 Å². The second-order valence-electron chi connectivity index (χ2n) is 3.54. The summed E-state index contributed by atoms with van der Waals surface area (Å²) in [6.07, 6.45) is 0. The maximum atomic E-state index is 5.23. The summed E-state index contributed by atoms with van der Waals surface area (Å²) in [4.78, 5) is 3.38. The molecule has 0 fully saturated rings. The molecule has 8 N–H and O–H groups in total. The summed E-state index contributed by atoms with van der Waals surface area (Å²) in [6.45, 7) is 0. The van der Waals surface area contributed by atoms with E-state index in [1.807, 2.05) is 39.2 Å². The van der Waals surface area contributed by atoms with Crippen LogP contribution in [0.4, 0.5) is 0 Å². The third kappa shape index (κ3) is 125. The number of hydrogen-bond donors (Lipinski definition) is 4. The van der Waals surface area contributed by atoms with E-state index in [9.17, 15) is 0 Å². The molecule has 0 aliphatic rings. The summed E-state index contributed by atoms with van der Waals surface area (Å²) in [7, 11) is 7.36. The van der Waals surface area contributed by atoms with Crippen LogP contribution in [0.2, 0.25) is 0 Å². The maximum absolute atomic E-state index is 5.23. The van der Waals surface area contributed by atoms with Gasteiger partial charge in [0.05, 0.1) is 0 Å². The number of hydrogen-bond acceptors (Lipinski definition) is 8. The van der Waals surface area contributed by atoms with Crippen molar-refractivity contribution in [1.29, 1.82) is 0 Å². The summed E-state index contributed by atoms with van der Waals surface area (Å²) < 4.78 is 0.951. The molecular formula is C12H24N6S8Zn2. The van der Waals surface area contributed by atoms with Gasteiger partial charge in [-0.05, 0) is 28.2 Å². The average molecular weight is 640 g/mol. The molecule has 16 heteroatoms.